The Bertz CT molecular complexity index is 293. The molecule has 0 aliphatic carbocycles. The first-order valence-electron chi connectivity index (χ1n) is 4.99. The molecule has 0 radical (unpaired) electrons. The quantitative estimate of drug-likeness (QED) is 0.553. The molecule has 2 rings (SSSR count). The molecule has 1 aliphatic heterocycles. The Morgan fingerprint density at radius 2 is 2.00 bits per heavy atom. The zero-order chi connectivity index (χ0) is 10.0. The molecular formula is C11H16O2Si. The fraction of sp³-hybridized carbons (Fsp3) is 0.455. The van der Waals surface area contributed by atoms with Gasteiger partial charge in [-0.1, -0.05) is 30.3 Å². The summed E-state index contributed by atoms with van der Waals surface area (Å²) in [7, 11) is -1.68. The third-order valence-corrected chi connectivity index (χ3v) is 5.11. The van der Waals surface area contributed by atoms with E-state index in [1.165, 1.54) is 5.19 Å². The highest BCUT2D eigenvalue weighted by Crippen LogP contribution is 2.13. The number of ether oxygens (including phenoxy) is 1. The number of epoxide rings is 1. The Kier molecular flexibility index (Phi) is 2.72. The molecule has 1 atom stereocenters. The second-order valence-electron chi connectivity index (χ2n) is 4.14. The summed E-state index contributed by atoms with van der Waals surface area (Å²) < 4.78 is 11.1. The van der Waals surface area contributed by atoms with E-state index < -0.39 is 8.32 Å². The largest absolute Gasteiger partial charge is 0.410 e. The van der Waals surface area contributed by atoms with Crippen LogP contribution in [0.5, 0.6) is 0 Å². The van der Waals surface area contributed by atoms with Gasteiger partial charge in [0.15, 0.2) is 0 Å². The minimum atomic E-state index is -1.68. The van der Waals surface area contributed by atoms with Crippen molar-refractivity contribution < 1.29 is 9.16 Å². The molecule has 0 amide bonds. The second kappa shape index (κ2) is 3.85. The van der Waals surface area contributed by atoms with Crippen molar-refractivity contribution in [2.45, 2.75) is 19.2 Å². The van der Waals surface area contributed by atoms with Gasteiger partial charge in [0.2, 0.25) is 8.32 Å². The van der Waals surface area contributed by atoms with E-state index >= 15 is 0 Å². The van der Waals surface area contributed by atoms with Crippen LogP contribution in [0.15, 0.2) is 30.3 Å². The van der Waals surface area contributed by atoms with E-state index in [0.29, 0.717) is 6.10 Å². The van der Waals surface area contributed by atoms with Crippen LogP contribution in [-0.4, -0.2) is 27.6 Å². The zero-order valence-electron chi connectivity index (χ0n) is 8.69. The maximum Gasteiger partial charge on any atom is 0.218 e. The molecule has 3 heteroatoms. The summed E-state index contributed by atoms with van der Waals surface area (Å²) in [6, 6.07) is 10.5. The summed E-state index contributed by atoms with van der Waals surface area (Å²) in [4.78, 5) is 0. The van der Waals surface area contributed by atoms with E-state index in [1.807, 2.05) is 6.07 Å². The number of benzene rings is 1. The van der Waals surface area contributed by atoms with Crippen LogP contribution in [-0.2, 0) is 9.16 Å². The van der Waals surface area contributed by atoms with Crippen molar-refractivity contribution in [1.29, 1.82) is 0 Å². The van der Waals surface area contributed by atoms with Crippen molar-refractivity contribution in [3.63, 3.8) is 0 Å². The fourth-order valence-electron chi connectivity index (χ4n) is 1.39. The normalized spacial score (nSPS) is 20.9. The molecule has 76 valence electrons. The molecule has 1 unspecified atom stereocenters. The molecule has 0 N–H and O–H groups in total. The Morgan fingerprint density at radius 1 is 1.36 bits per heavy atom. The zero-order valence-corrected chi connectivity index (χ0v) is 9.69. The lowest BCUT2D eigenvalue weighted by Gasteiger charge is -2.22. The van der Waals surface area contributed by atoms with E-state index in [0.717, 1.165) is 13.2 Å². The van der Waals surface area contributed by atoms with E-state index in [2.05, 4.69) is 37.4 Å². The van der Waals surface area contributed by atoms with Gasteiger partial charge in [-0.05, 0) is 18.3 Å². The SMILES string of the molecule is C[Si](C)(OCC1CO1)c1ccccc1. The van der Waals surface area contributed by atoms with Crippen LogP contribution in [0, 0.1) is 0 Å². The summed E-state index contributed by atoms with van der Waals surface area (Å²) >= 11 is 0. The second-order valence-corrected chi connectivity index (χ2v) is 8.03. The summed E-state index contributed by atoms with van der Waals surface area (Å²) in [5.41, 5.74) is 0. The molecule has 14 heavy (non-hydrogen) atoms. The van der Waals surface area contributed by atoms with Gasteiger partial charge in [0.1, 0.15) is 6.10 Å². The van der Waals surface area contributed by atoms with Crippen molar-refractivity contribution in [1.82, 2.24) is 0 Å². The van der Waals surface area contributed by atoms with Gasteiger partial charge in [0.05, 0.1) is 13.2 Å². The summed E-state index contributed by atoms with van der Waals surface area (Å²) in [6.45, 7) is 6.09. The Balaban J connectivity index is 1.99. The smallest absolute Gasteiger partial charge is 0.218 e. The lowest BCUT2D eigenvalue weighted by atomic mass is 10.4. The van der Waals surface area contributed by atoms with E-state index in [4.69, 9.17) is 9.16 Å². The number of hydrogen-bond acceptors (Lipinski definition) is 2. The van der Waals surface area contributed by atoms with Crippen LogP contribution in [0.1, 0.15) is 0 Å². The monoisotopic (exact) mass is 208 g/mol. The average molecular weight is 208 g/mol. The first kappa shape index (κ1) is 9.89. The van der Waals surface area contributed by atoms with Crippen LogP contribution in [0.25, 0.3) is 0 Å². The van der Waals surface area contributed by atoms with Crippen molar-refractivity contribution in [3.05, 3.63) is 30.3 Å². The van der Waals surface area contributed by atoms with Crippen LogP contribution >= 0.6 is 0 Å². The molecule has 1 saturated heterocycles. The highest BCUT2D eigenvalue weighted by atomic mass is 28.4. The van der Waals surface area contributed by atoms with Crippen LogP contribution in [0.3, 0.4) is 0 Å². The standard InChI is InChI=1S/C11H16O2Si/c1-14(2,13-9-10-8-12-10)11-6-4-3-5-7-11/h3-7,10H,8-9H2,1-2H3. The van der Waals surface area contributed by atoms with Gasteiger partial charge < -0.3 is 9.16 Å². The average Bonchev–Trinajstić information content (AvgIpc) is 3.00. The summed E-state index contributed by atoms with van der Waals surface area (Å²) in [5.74, 6) is 0. The molecule has 1 aliphatic rings. The maximum absolute atomic E-state index is 5.95. The first-order chi connectivity index (χ1) is 6.68. The van der Waals surface area contributed by atoms with Gasteiger partial charge in [-0.25, -0.2) is 0 Å². The molecule has 0 saturated carbocycles. The Hall–Kier alpha value is -0.643. The molecule has 0 spiro atoms. The number of rotatable bonds is 4. The third kappa shape index (κ3) is 2.44. The van der Waals surface area contributed by atoms with Crippen molar-refractivity contribution in [2.75, 3.05) is 13.2 Å². The van der Waals surface area contributed by atoms with Crippen LogP contribution in [0.4, 0.5) is 0 Å². The van der Waals surface area contributed by atoms with Gasteiger partial charge >= 0.3 is 0 Å². The topological polar surface area (TPSA) is 21.8 Å². The molecule has 0 bridgehead atoms. The molecule has 1 heterocycles. The predicted molar refractivity (Wildman–Crippen MR) is 59.3 cm³/mol. The van der Waals surface area contributed by atoms with Crippen LogP contribution < -0.4 is 5.19 Å². The molecule has 1 fully saturated rings. The molecule has 2 nitrogen and oxygen atoms in total. The maximum atomic E-state index is 5.95. The van der Waals surface area contributed by atoms with E-state index in [-0.39, 0.29) is 0 Å². The molecule has 0 aromatic heterocycles. The molecule has 1 aromatic rings. The third-order valence-electron chi connectivity index (χ3n) is 2.50. The predicted octanol–water partition coefficient (Wildman–Crippen LogP) is 1.51. The van der Waals surface area contributed by atoms with Gasteiger partial charge in [-0.3, -0.25) is 0 Å². The van der Waals surface area contributed by atoms with Gasteiger partial charge in [0, 0.05) is 0 Å². The molecule has 1 aromatic carbocycles. The minimum Gasteiger partial charge on any atom is -0.410 e. The van der Waals surface area contributed by atoms with Crippen molar-refractivity contribution >= 4 is 13.5 Å². The van der Waals surface area contributed by atoms with Gasteiger partial charge in [0.25, 0.3) is 0 Å². The number of hydrogen-bond donors (Lipinski definition) is 0. The summed E-state index contributed by atoms with van der Waals surface area (Å²) in [5, 5.41) is 1.35. The van der Waals surface area contributed by atoms with Gasteiger partial charge in [-0.2, -0.15) is 0 Å². The lowest BCUT2D eigenvalue weighted by Crippen LogP contribution is -2.45. The summed E-state index contributed by atoms with van der Waals surface area (Å²) in [6.07, 6.45) is 0.366. The lowest BCUT2D eigenvalue weighted by molar-refractivity contribution is 0.260. The van der Waals surface area contributed by atoms with E-state index in [9.17, 15) is 0 Å². The van der Waals surface area contributed by atoms with Crippen molar-refractivity contribution in [2.24, 2.45) is 0 Å². The minimum absolute atomic E-state index is 0.366. The van der Waals surface area contributed by atoms with E-state index in [1.54, 1.807) is 0 Å². The highest BCUT2D eigenvalue weighted by Gasteiger charge is 2.30. The Morgan fingerprint density at radius 3 is 2.57 bits per heavy atom. The Labute approximate surface area is 86.0 Å². The molecular weight excluding hydrogens is 192 g/mol. The van der Waals surface area contributed by atoms with Crippen LogP contribution in [0.2, 0.25) is 13.1 Å². The first-order valence-corrected chi connectivity index (χ1v) is 7.90. The highest BCUT2D eigenvalue weighted by molar-refractivity contribution is 6.84. The van der Waals surface area contributed by atoms with Crippen molar-refractivity contribution in [3.8, 4) is 0 Å². The fourth-order valence-corrected chi connectivity index (χ4v) is 3.15. The van der Waals surface area contributed by atoms with Gasteiger partial charge in [-0.15, -0.1) is 0 Å².